The van der Waals surface area contributed by atoms with Crippen molar-refractivity contribution in [2.75, 3.05) is 36.5 Å². The largest absolute Gasteiger partial charge is 0.462 e. The lowest BCUT2D eigenvalue weighted by Gasteiger charge is -2.26. The van der Waals surface area contributed by atoms with E-state index in [9.17, 15) is 18.0 Å². The summed E-state index contributed by atoms with van der Waals surface area (Å²) in [6.45, 7) is 5.58. The van der Waals surface area contributed by atoms with Crippen LogP contribution < -0.4 is 5.32 Å². The number of benzene rings is 1. The Morgan fingerprint density at radius 2 is 1.90 bits per heavy atom. The molecule has 9 heteroatoms. The van der Waals surface area contributed by atoms with Crippen molar-refractivity contribution in [3.63, 3.8) is 0 Å². The fourth-order valence-electron chi connectivity index (χ4n) is 3.22. The summed E-state index contributed by atoms with van der Waals surface area (Å²) < 4.78 is 28.3. The molecule has 0 radical (unpaired) electrons. The number of hydrogen-bond donors (Lipinski definition) is 1. The van der Waals surface area contributed by atoms with E-state index in [0.29, 0.717) is 35.8 Å². The number of thiophene rings is 1. The molecule has 162 valence electrons. The van der Waals surface area contributed by atoms with Gasteiger partial charge in [-0.15, -0.1) is 11.3 Å². The number of carbonyl (C=O) groups is 2. The first kappa shape index (κ1) is 22.5. The van der Waals surface area contributed by atoms with Gasteiger partial charge in [0.2, 0.25) is 0 Å². The summed E-state index contributed by atoms with van der Waals surface area (Å²) in [4.78, 5) is 28.1. The Kier molecular flexibility index (Phi) is 7.27. The molecule has 1 fully saturated rings. The van der Waals surface area contributed by atoms with Gasteiger partial charge < -0.3 is 10.1 Å². The number of sulfone groups is 1. The molecule has 7 nitrogen and oxygen atoms in total. The molecule has 1 aromatic heterocycles. The Morgan fingerprint density at radius 3 is 2.57 bits per heavy atom. The van der Waals surface area contributed by atoms with Crippen LogP contribution >= 0.6 is 11.3 Å². The number of amides is 1. The van der Waals surface area contributed by atoms with Crippen molar-refractivity contribution in [2.24, 2.45) is 0 Å². The topological polar surface area (TPSA) is 92.8 Å². The first-order valence-electron chi connectivity index (χ1n) is 9.94. The van der Waals surface area contributed by atoms with Crippen LogP contribution in [0.4, 0.5) is 5.00 Å². The summed E-state index contributed by atoms with van der Waals surface area (Å²) in [6.07, 6.45) is 0.758. The first-order chi connectivity index (χ1) is 14.3. The molecule has 1 amide bonds. The fourth-order valence-corrected chi connectivity index (χ4v) is 5.48. The van der Waals surface area contributed by atoms with Gasteiger partial charge in [0.15, 0.2) is 9.84 Å². The van der Waals surface area contributed by atoms with Crippen molar-refractivity contribution in [3.8, 4) is 0 Å². The highest BCUT2D eigenvalue weighted by molar-refractivity contribution is 7.91. The molecule has 30 heavy (non-hydrogen) atoms. The van der Waals surface area contributed by atoms with Gasteiger partial charge in [-0.05, 0) is 37.1 Å². The third-order valence-electron chi connectivity index (χ3n) is 4.89. The molecule has 1 saturated heterocycles. The van der Waals surface area contributed by atoms with E-state index in [-0.39, 0.29) is 24.0 Å². The second-order valence-electron chi connectivity index (χ2n) is 7.11. The minimum atomic E-state index is -2.92. The van der Waals surface area contributed by atoms with Crippen LogP contribution in [0.25, 0.3) is 0 Å². The van der Waals surface area contributed by atoms with Gasteiger partial charge in [0.05, 0.1) is 23.7 Å². The van der Waals surface area contributed by atoms with Crippen LogP contribution in [0, 0.1) is 0 Å². The van der Waals surface area contributed by atoms with Crippen molar-refractivity contribution in [1.82, 2.24) is 4.90 Å². The van der Waals surface area contributed by atoms with Gasteiger partial charge >= 0.3 is 5.97 Å². The number of hydrogen-bond acceptors (Lipinski definition) is 7. The van der Waals surface area contributed by atoms with Crippen LogP contribution in [0.1, 0.15) is 45.0 Å². The third kappa shape index (κ3) is 5.68. The molecule has 2 heterocycles. The monoisotopic (exact) mass is 450 g/mol. The minimum absolute atomic E-state index is 0.169. The molecule has 3 rings (SSSR count). The number of aryl methyl sites for hydroxylation is 1. The van der Waals surface area contributed by atoms with Crippen LogP contribution in [0.3, 0.4) is 0 Å². The lowest BCUT2D eigenvalue weighted by atomic mass is 10.1. The second-order valence-corrected chi connectivity index (χ2v) is 10.6. The lowest BCUT2D eigenvalue weighted by molar-refractivity contribution is 0.0528. The van der Waals surface area contributed by atoms with Gasteiger partial charge in [-0.3, -0.25) is 9.69 Å². The molecule has 1 N–H and O–H groups in total. The maximum absolute atomic E-state index is 12.8. The van der Waals surface area contributed by atoms with Gasteiger partial charge in [0, 0.05) is 30.1 Å². The number of anilines is 1. The summed E-state index contributed by atoms with van der Waals surface area (Å²) in [7, 11) is -2.92. The average Bonchev–Trinajstić information content (AvgIpc) is 3.13. The lowest BCUT2D eigenvalue weighted by Crippen LogP contribution is -2.39. The van der Waals surface area contributed by atoms with Gasteiger partial charge in [-0.1, -0.05) is 19.1 Å². The van der Waals surface area contributed by atoms with Crippen LogP contribution in [0.5, 0.6) is 0 Å². The zero-order valence-electron chi connectivity index (χ0n) is 17.1. The highest BCUT2D eigenvalue weighted by Gasteiger charge is 2.22. The molecule has 0 aliphatic carbocycles. The summed E-state index contributed by atoms with van der Waals surface area (Å²) in [6, 6.07) is 9.02. The number of nitrogens with one attached hydrogen (secondary N) is 1. The first-order valence-corrected chi connectivity index (χ1v) is 12.6. The zero-order valence-corrected chi connectivity index (χ0v) is 18.8. The Morgan fingerprint density at radius 1 is 1.17 bits per heavy atom. The highest BCUT2D eigenvalue weighted by Crippen LogP contribution is 2.30. The van der Waals surface area contributed by atoms with Crippen LogP contribution in [0.2, 0.25) is 0 Å². The minimum Gasteiger partial charge on any atom is -0.462 e. The number of nitrogens with zero attached hydrogens (tertiary/aromatic N) is 1. The molecular weight excluding hydrogens is 424 g/mol. The van der Waals surface area contributed by atoms with Gasteiger partial charge in [-0.25, -0.2) is 13.2 Å². The zero-order chi connectivity index (χ0) is 21.7. The van der Waals surface area contributed by atoms with Crippen molar-refractivity contribution >= 4 is 38.1 Å². The number of carbonyl (C=O) groups excluding carboxylic acids is 2. The summed E-state index contributed by atoms with van der Waals surface area (Å²) in [5.41, 5.74) is 1.80. The van der Waals surface area contributed by atoms with Crippen molar-refractivity contribution < 1.29 is 22.7 Å². The molecule has 1 aliphatic rings. The Balaban J connectivity index is 1.71. The highest BCUT2D eigenvalue weighted by atomic mass is 32.2. The molecule has 0 unspecified atom stereocenters. The Bertz CT molecular complexity index is 1020. The number of esters is 1. The van der Waals surface area contributed by atoms with Gasteiger partial charge in [-0.2, -0.15) is 0 Å². The van der Waals surface area contributed by atoms with Crippen molar-refractivity contribution in [1.29, 1.82) is 0 Å². The molecule has 1 aliphatic heterocycles. The van der Waals surface area contributed by atoms with E-state index < -0.39 is 15.8 Å². The average molecular weight is 451 g/mol. The van der Waals surface area contributed by atoms with E-state index in [1.807, 2.05) is 19.1 Å². The standard InChI is InChI=1S/C21H26N2O5S2/c1-3-17-13-18(21(25)28-4-2)20(29-17)22-19(24)16-7-5-6-15(12-16)14-23-8-10-30(26,27)11-9-23/h5-7,12-13H,3-4,8-11,14H2,1-2H3,(H,22,24). The Hall–Kier alpha value is -2.23. The number of rotatable bonds is 7. The van der Waals surface area contributed by atoms with E-state index in [0.717, 1.165) is 16.9 Å². The van der Waals surface area contributed by atoms with Crippen LogP contribution in [-0.2, 0) is 27.5 Å². The molecule has 2 aromatic rings. The molecular formula is C21H26N2O5S2. The number of ether oxygens (including phenoxy) is 1. The summed E-state index contributed by atoms with van der Waals surface area (Å²) >= 11 is 1.37. The van der Waals surface area contributed by atoms with Crippen LogP contribution in [0.15, 0.2) is 30.3 Å². The molecule has 0 spiro atoms. The fraction of sp³-hybridized carbons (Fsp3) is 0.429. The third-order valence-corrected chi connectivity index (χ3v) is 7.69. The maximum Gasteiger partial charge on any atom is 0.341 e. The van der Waals surface area contributed by atoms with E-state index >= 15 is 0 Å². The summed E-state index contributed by atoms with van der Waals surface area (Å²) in [5, 5.41) is 3.34. The predicted octanol–water partition coefficient (Wildman–Crippen LogP) is 2.97. The van der Waals surface area contributed by atoms with E-state index in [4.69, 9.17) is 4.74 Å². The van der Waals surface area contributed by atoms with E-state index in [1.54, 1.807) is 25.1 Å². The van der Waals surface area contributed by atoms with Crippen LogP contribution in [-0.4, -0.2) is 56.4 Å². The van der Waals surface area contributed by atoms with Crippen molar-refractivity contribution in [3.05, 3.63) is 51.9 Å². The quantitative estimate of drug-likeness (QED) is 0.652. The van der Waals surface area contributed by atoms with Gasteiger partial charge in [0.1, 0.15) is 5.00 Å². The normalized spacial score (nSPS) is 16.2. The molecule has 0 saturated carbocycles. The van der Waals surface area contributed by atoms with Gasteiger partial charge in [0.25, 0.3) is 5.91 Å². The molecule has 0 bridgehead atoms. The SMILES string of the molecule is CCOC(=O)c1cc(CC)sc1NC(=O)c1cccc(CN2CCS(=O)(=O)CC2)c1. The predicted molar refractivity (Wildman–Crippen MR) is 118 cm³/mol. The van der Waals surface area contributed by atoms with E-state index in [1.165, 1.54) is 11.3 Å². The van der Waals surface area contributed by atoms with E-state index in [2.05, 4.69) is 10.2 Å². The smallest absolute Gasteiger partial charge is 0.341 e. The molecule has 0 atom stereocenters. The molecule has 1 aromatic carbocycles. The second kappa shape index (κ2) is 9.72. The summed E-state index contributed by atoms with van der Waals surface area (Å²) in [5.74, 6) is -0.408. The maximum atomic E-state index is 12.8. The van der Waals surface area contributed by atoms with Crippen molar-refractivity contribution in [2.45, 2.75) is 26.8 Å². The Labute approximate surface area is 181 Å².